The molecule has 116 valence electrons. The van der Waals surface area contributed by atoms with Crippen molar-refractivity contribution in [2.24, 2.45) is 5.73 Å². The maximum atomic E-state index is 13.7. The van der Waals surface area contributed by atoms with Crippen molar-refractivity contribution in [2.45, 2.75) is 13.8 Å². The van der Waals surface area contributed by atoms with Crippen molar-refractivity contribution in [3.63, 3.8) is 0 Å². The Balaban J connectivity index is 2.04. The zero-order chi connectivity index (χ0) is 16.3. The summed E-state index contributed by atoms with van der Waals surface area (Å²) in [6.07, 6.45) is 0. The zero-order valence-electron chi connectivity index (χ0n) is 12.1. The Bertz CT molecular complexity index is 727. The summed E-state index contributed by atoms with van der Waals surface area (Å²) in [5, 5.41) is 8.89. The van der Waals surface area contributed by atoms with E-state index in [2.05, 4.69) is 15.8 Å². The van der Waals surface area contributed by atoms with Crippen LogP contribution in [0.2, 0.25) is 0 Å². The van der Waals surface area contributed by atoms with E-state index in [4.69, 9.17) is 10.3 Å². The Kier molecular flexibility index (Phi) is 4.40. The minimum atomic E-state index is -0.746. The first-order valence-electron chi connectivity index (χ1n) is 6.44. The molecule has 0 bridgehead atoms. The van der Waals surface area contributed by atoms with E-state index in [1.165, 1.54) is 13.0 Å². The van der Waals surface area contributed by atoms with Crippen LogP contribution in [-0.4, -0.2) is 23.5 Å². The van der Waals surface area contributed by atoms with E-state index in [-0.39, 0.29) is 23.5 Å². The second-order valence-electron chi connectivity index (χ2n) is 4.72. The second-order valence-corrected chi connectivity index (χ2v) is 4.72. The number of anilines is 2. The van der Waals surface area contributed by atoms with Crippen LogP contribution in [0.3, 0.4) is 0 Å². The van der Waals surface area contributed by atoms with Gasteiger partial charge in [-0.1, -0.05) is 5.16 Å². The van der Waals surface area contributed by atoms with E-state index < -0.39 is 17.6 Å². The summed E-state index contributed by atoms with van der Waals surface area (Å²) in [5.74, 6) is -0.859. The predicted molar refractivity (Wildman–Crippen MR) is 78.0 cm³/mol. The van der Waals surface area contributed by atoms with E-state index in [1.807, 2.05) is 0 Å². The molecular weight excluding hydrogens is 291 g/mol. The van der Waals surface area contributed by atoms with Gasteiger partial charge in [0.25, 0.3) is 0 Å². The minimum absolute atomic E-state index is 0.0261. The van der Waals surface area contributed by atoms with Crippen LogP contribution in [0.1, 0.15) is 21.7 Å². The number of carbonyl (C=O) groups excluding carboxylic acids is 2. The molecule has 0 spiro atoms. The van der Waals surface area contributed by atoms with Gasteiger partial charge in [0.1, 0.15) is 11.6 Å². The first-order chi connectivity index (χ1) is 10.4. The van der Waals surface area contributed by atoms with Gasteiger partial charge in [-0.25, -0.2) is 4.39 Å². The van der Waals surface area contributed by atoms with E-state index in [1.54, 1.807) is 13.0 Å². The molecule has 1 heterocycles. The van der Waals surface area contributed by atoms with Gasteiger partial charge in [0.15, 0.2) is 5.82 Å². The maximum absolute atomic E-state index is 13.7. The summed E-state index contributed by atoms with van der Waals surface area (Å²) in [4.78, 5) is 22.9. The van der Waals surface area contributed by atoms with Crippen LogP contribution in [0.5, 0.6) is 0 Å². The first-order valence-corrected chi connectivity index (χ1v) is 6.44. The number of amides is 2. The largest absolute Gasteiger partial charge is 0.376 e. The monoisotopic (exact) mass is 306 g/mol. The van der Waals surface area contributed by atoms with Crippen LogP contribution >= 0.6 is 0 Å². The molecule has 1 aromatic carbocycles. The lowest BCUT2D eigenvalue weighted by Crippen LogP contribution is -2.22. The number of nitrogens with one attached hydrogen (secondary N) is 2. The van der Waals surface area contributed by atoms with Gasteiger partial charge in [-0.2, -0.15) is 0 Å². The smallest absolute Gasteiger partial charge is 0.248 e. The highest BCUT2D eigenvalue weighted by atomic mass is 19.1. The molecule has 2 amide bonds. The molecule has 22 heavy (non-hydrogen) atoms. The third-order valence-electron chi connectivity index (χ3n) is 2.96. The van der Waals surface area contributed by atoms with Crippen LogP contribution in [0, 0.1) is 19.7 Å². The van der Waals surface area contributed by atoms with Crippen molar-refractivity contribution in [1.29, 1.82) is 0 Å². The Labute approximate surface area is 125 Å². The lowest BCUT2D eigenvalue weighted by molar-refractivity contribution is -0.114. The standard InChI is InChI=1S/C14H15FN4O3/c1-7-3-12(19-22-7)18-13(20)6-17-11-5-9(14(16)21)4-10(15)8(11)2/h3-5,17H,6H2,1-2H3,(H2,16,21)(H,18,19,20). The van der Waals surface area contributed by atoms with E-state index >= 15 is 0 Å². The highest BCUT2D eigenvalue weighted by molar-refractivity contribution is 5.95. The van der Waals surface area contributed by atoms with Crippen molar-refractivity contribution in [3.05, 3.63) is 40.9 Å². The summed E-state index contributed by atoms with van der Waals surface area (Å²) >= 11 is 0. The number of hydrogen-bond donors (Lipinski definition) is 3. The minimum Gasteiger partial charge on any atom is -0.376 e. The molecule has 0 fully saturated rings. The molecule has 0 aliphatic carbocycles. The van der Waals surface area contributed by atoms with Gasteiger partial charge in [-0.15, -0.1) is 0 Å². The fourth-order valence-corrected chi connectivity index (χ4v) is 1.79. The molecule has 2 aromatic rings. The Morgan fingerprint density at radius 1 is 1.32 bits per heavy atom. The number of hydrogen-bond acceptors (Lipinski definition) is 5. The molecule has 0 saturated carbocycles. The van der Waals surface area contributed by atoms with Crippen LogP contribution < -0.4 is 16.4 Å². The molecule has 7 nitrogen and oxygen atoms in total. The quantitative estimate of drug-likeness (QED) is 0.776. The van der Waals surface area contributed by atoms with Crippen LogP contribution in [0.4, 0.5) is 15.9 Å². The second kappa shape index (κ2) is 6.25. The van der Waals surface area contributed by atoms with E-state index in [9.17, 15) is 14.0 Å². The summed E-state index contributed by atoms with van der Waals surface area (Å²) in [5.41, 5.74) is 5.76. The van der Waals surface area contributed by atoms with Gasteiger partial charge in [-0.05, 0) is 26.0 Å². The summed E-state index contributed by atoms with van der Waals surface area (Å²) in [6, 6.07) is 4.02. The normalized spacial score (nSPS) is 10.3. The van der Waals surface area contributed by atoms with Gasteiger partial charge in [0.2, 0.25) is 11.8 Å². The highest BCUT2D eigenvalue weighted by Gasteiger charge is 2.12. The Morgan fingerprint density at radius 3 is 2.64 bits per heavy atom. The number of nitrogens with zero attached hydrogens (tertiary/aromatic N) is 1. The van der Waals surface area contributed by atoms with Gasteiger partial charge in [0.05, 0.1) is 6.54 Å². The zero-order valence-corrected chi connectivity index (χ0v) is 12.1. The third kappa shape index (κ3) is 3.60. The van der Waals surface area contributed by atoms with Crippen molar-refractivity contribution in [2.75, 3.05) is 17.2 Å². The fraction of sp³-hybridized carbons (Fsp3) is 0.214. The topological polar surface area (TPSA) is 110 Å². The molecule has 0 saturated heterocycles. The maximum Gasteiger partial charge on any atom is 0.248 e. The van der Waals surface area contributed by atoms with Crippen LogP contribution in [0.25, 0.3) is 0 Å². The fourth-order valence-electron chi connectivity index (χ4n) is 1.79. The average molecular weight is 306 g/mol. The number of aryl methyl sites for hydroxylation is 1. The van der Waals surface area contributed by atoms with Crippen molar-refractivity contribution < 1.29 is 18.5 Å². The Hall–Kier alpha value is -2.90. The van der Waals surface area contributed by atoms with Crippen molar-refractivity contribution in [1.82, 2.24) is 5.16 Å². The molecule has 0 atom stereocenters. The molecule has 0 unspecified atom stereocenters. The lowest BCUT2D eigenvalue weighted by Gasteiger charge is -2.11. The van der Waals surface area contributed by atoms with E-state index in [0.29, 0.717) is 11.4 Å². The van der Waals surface area contributed by atoms with Crippen molar-refractivity contribution >= 4 is 23.3 Å². The van der Waals surface area contributed by atoms with Gasteiger partial charge in [-0.3, -0.25) is 9.59 Å². The molecule has 1 aromatic heterocycles. The molecule has 2 rings (SSSR count). The molecular formula is C14H15FN4O3. The van der Waals surface area contributed by atoms with Crippen LogP contribution in [0.15, 0.2) is 22.7 Å². The molecule has 8 heteroatoms. The summed E-state index contributed by atoms with van der Waals surface area (Å²) < 4.78 is 18.5. The average Bonchev–Trinajstić information content (AvgIpc) is 2.85. The number of benzene rings is 1. The number of halogens is 1. The van der Waals surface area contributed by atoms with Crippen molar-refractivity contribution in [3.8, 4) is 0 Å². The van der Waals surface area contributed by atoms with E-state index in [0.717, 1.165) is 6.07 Å². The summed E-state index contributed by atoms with van der Waals surface area (Å²) in [7, 11) is 0. The van der Waals surface area contributed by atoms with Crippen LogP contribution in [-0.2, 0) is 4.79 Å². The van der Waals surface area contributed by atoms with Gasteiger partial charge >= 0.3 is 0 Å². The molecule has 0 aliphatic heterocycles. The Morgan fingerprint density at radius 2 is 2.05 bits per heavy atom. The number of carbonyl (C=O) groups is 2. The molecule has 4 N–H and O–H groups in total. The van der Waals surface area contributed by atoms with Gasteiger partial charge in [0, 0.05) is 22.9 Å². The lowest BCUT2D eigenvalue weighted by atomic mass is 10.1. The highest BCUT2D eigenvalue weighted by Crippen LogP contribution is 2.20. The SMILES string of the molecule is Cc1cc(NC(=O)CNc2cc(C(N)=O)cc(F)c2C)no1. The number of aromatic nitrogens is 1. The predicted octanol–water partition coefficient (Wildman–Crippen LogP) is 1.58. The molecule has 0 aliphatic rings. The number of nitrogens with two attached hydrogens (primary N) is 1. The summed E-state index contributed by atoms with van der Waals surface area (Å²) in [6.45, 7) is 3.10. The first kappa shape index (κ1) is 15.5. The number of primary amides is 1. The number of rotatable bonds is 5. The third-order valence-corrected chi connectivity index (χ3v) is 2.96. The molecule has 0 radical (unpaired) electrons. The van der Waals surface area contributed by atoms with Gasteiger partial charge < -0.3 is 20.9 Å².